The summed E-state index contributed by atoms with van der Waals surface area (Å²) in [6.07, 6.45) is 7.74. The first-order valence-electron chi connectivity index (χ1n) is 10.6. The fourth-order valence-electron chi connectivity index (χ4n) is 4.38. The molecule has 1 amide bonds. The zero-order valence-corrected chi connectivity index (χ0v) is 16.5. The Hall–Kier alpha value is -2.40. The second kappa shape index (κ2) is 9.20. The Kier molecular flexibility index (Phi) is 6.22. The Balaban J connectivity index is 1.39. The minimum Gasteiger partial charge on any atom is -0.356 e. The molecule has 1 N–H and O–H groups in total. The van der Waals surface area contributed by atoms with Crippen LogP contribution in [0.2, 0.25) is 0 Å². The van der Waals surface area contributed by atoms with E-state index in [4.69, 9.17) is 0 Å². The van der Waals surface area contributed by atoms with Crippen LogP contribution >= 0.6 is 0 Å². The fraction of sp³-hybridized carbons (Fsp3) is 0.478. The van der Waals surface area contributed by atoms with E-state index in [9.17, 15) is 4.79 Å². The van der Waals surface area contributed by atoms with E-state index in [0.29, 0.717) is 18.2 Å². The molecule has 4 rings (SSSR count). The number of anilines is 1. The molecule has 2 aliphatic rings. The van der Waals surface area contributed by atoms with E-state index >= 15 is 0 Å². The number of rotatable bonds is 6. The van der Waals surface area contributed by atoms with Crippen molar-refractivity contribution in [3.05, 3.63) is 59.8 Å². The van der Waals surface area contributed by atoms with Crippen LogP contribution in [0.15, 0.2) is 48.7 Å². The van der Waals surface area contributed by atoms with Crippen molar-refractivity contribution in [3.63, 3.8) is 0 Å². The second-order valence-electron chi connectivity index (χ2n) is 7.88. The van der Waals surface area contributed by atoms with Crippen molar-refractivity contribution in [2.45, 2.75) is 44.7 Å². The first kappa shape index (κ1) is 18.9. The number of nitrogens with zero attached hydrogens (tertiary/aromatic N) is 3. The first-order valence-corrected chi connectivity index (χ1v) is 10.6. The monoisotopic (exact) mass is 378 g/mol. The molecule has 2 fully saturated rings. The van der Waals surface area contributed by atoms with Gasteiger partial charge in [0.25, 0.3) is 5.91 Å². The summed E-state index contributed by atoms with van der Waals surface area (Å²) < 4.78 is 0. The molecule has 0 radical (unpaired) electrons. The second-order valence-corrected chi connectivity index (χ2v) is 7.88. The van der Waals surface area contributed by atoms with E-state index in [-0.39, 0.29) is 5.91 Å². The number of pyridine rings is 1. The van der Waals surface area contributed by atoms with Gasteiger partial charge in [-0.3, -0.25) is 9.69 Å². The molecule has 3 heterocycles. The molecule has 5 heteroatoms. The van der Waals surface area contributed by atoms with Gasteiger partial charge in [-0.15, -0.1) is 0 Å². The lowest BCUT2D eigenvalue weighted by molar-refractivity contribution is 0.0908. The number of benzene rings is 1. The van der Waals surface area contributed by atoms with Gasteiger partial charge in [0.1, 0.15) is 5.82 Å². The predicted molar refractivity (Wildman–Crippen MR) is 113 cm³/mol. The topological polar surface area (TPSA) is 48.5 Å². The molecular formula is C23H30N4O. The van der Waals surface area contributed by atoms with Crippen LogP contribution in [0.4, 0.5) is 5.82 Å². The average molecular weight is 379 g/mol. The van der Waals surface area contributed by atoms with Crippen LogP contribution in [0.25, 0.3) is 0 Å². The third kappa shape index (κ3) is 4.53. The lowest BCUT2D eigenvalue weighted by Crippen LogP contribution is -2.46. The number of hydrogen-bond acceptors (Lipinski definition) is 4. The third-order valence-corrected chi connectivity index (χ3v) is 5.91. The molecular weight excluding hydrogens is 348 g/mol. The molecule has 0 saturated carbocycles. The molecule has 28 heavy (non-hydrogen) atoms. The lowest BCUT2D eigenvalue weighted by atomic mass is 10.0. The summed E-state index contributed by atoms with van der Waals surface area (Å²) in [5, 5.41) is 3.20. The van der Waals surface area contributed by atoms with Crippen molar-refractivity contribution < 1.29 is 4.79 Å². The number of hydrogen-bond donors (Lipinski definition) is 1. The van der Waals surface area contributed by atoms with E-state index in [1.165, 1.54) is 31.2 Å². The Morgan fingerprint density at radius 1 is 1.00 bits per heavy atom. The zero-order valence-electron chi connectivity index (χ0n) is 16.5. The van der Waals surface area contributed by atoms with Gasteiger partial charge in [0.05, 0.1) is 5.56 Å². The number of likely N-dealkylation sites (tertiary alicyclic amines) is 1. The summed E-state index contributed by atoms with van der Waals surface area (Å²) in [4.78, 5) is 22.2. The van der Waals surface area contributed by atoms with Gasteiger partial charge in [-0.05, 0) is 49.9 Å². The Bertz CT molecular complexity index is 773. The van der Waals surface area contributed by atoms with Crippen molar-refractivity contribution in [2.24, 2.45) is 0 Å². The standard InChI is InChI=1S/C23H30N4O/c28-23(21-12-8-13-24-22(21)26-14-6-7-15-26)25-17-20-11-4-5-16-27(20)18-19-9-2-1-3-10-19/h1-3,8-10,12-13,20H,4-7,11,14-18H2,(H,25,28). The molecule has 148 valence electrons. The summed E-state index contributed by atoms with van der Waals surface area (Å²) in [5.41, 5.74) is 2.04. The van der Waals surface area contributed by atoms with Gasteiger partial charge in [-0.1, -0.05) is 36.8 Å². The van der Waals surface area contributed by atoms with E-state index in [1.54, 1.807) is 6.20 Å². The molecule has 0 aliphatic carbocycles. The normalized spacial score (nSPS) is 20.3. The minimum absolute atomic E-state index is 0.000217. The molecule has 1 atom stereocenters. The maximum Gasteiger partial charge on any atom is 0.255 e. The number of aromatic nitrogens is 1. The van der Waals surface area contributed by atoms with E-state index in [0.717, 1.165) is 38.4 Å². The molecule has 2 aromatic rings. The lowest BCUT2D eigenvalue weighted by Gasteiger charge is -2.36. The largest absolute Gasteiger partial charge is 0.356 e. The van der Waals surface area contributed by atoms with Crippen LogP contribution in [0.1, 0.15) is 48.0 Å². The van der Waals surface area contributed by atoms with E-state index in [1.807, 2.05) is 12.1 Å². The van der Waals surface area contributed by atoms with Gasteiger partial charge in [0.15, 0.2) is 0 Å². The van der Waals surface area contributed by atoms with Crippen LogP contribution in [0.5, 0.6) is 0 Å². The SMILES string of the molecule is O=C(NCC1CCCCN1Cc1ccccc1)c1cccnc1N1CCCC1. The van der Waals surface area contributed by atoms with Crippen molar-refractivity contribution in [1.82, 2.24) is 15.2 Å². The van der Waals surface area contributed by atoms with Gasteiger partial charge in [-0.2, -0.15) is 0 Å². The van der Waals surface area contributed by atoms with Gasteiger partial charge < -0.3 is 10.2 Å². The number of amides is 1. The highest BCUT2D eigenvalue weighted by Gasteiger charge is 2.25. The zero-order chi connectivity index (χ0) is 19.2. The van der Waals surface area contributed by atoms with Crippen LogP contribution in [-0.2, 0) is 6.54 Å². The van der Waals surface area contributed by atoms with Gasteiger partial charge in [0, 0.05) is 38.4 Å². The Morgan fingerprint density at radius 2 is 1.79 bits per heavy atom. The Labute approximate surface area is 167 Å². The molecule has 1 aromatic carbocycles. The molecule has 1 unspecified atom stereocenters. The van der Waals surface area contributed by atoms with Crippen LogP contribution in [-0.4, -0.2) is 48.0 Å². The molecule has 2 aliphatic heterocycles. The predicted octanol–water partition coefficient (Wildman–Crippen LogP) is 3.47. The average Bonchev–Trinajstić information content (AvgIpc) is 3.28. The highest BCUT2D eigenvalue weighted by molar-refractivity contribution is 5.98. The molecule has 1 aromatic heterocycles. The number of nitrogens with one attached hydrogen (secondary N) is 1. The quantitative estimate of drug-likeness (QED) is 0.836. The number of carbonyl (C=O) groups is 1. The van der Waals surface area contributed by atoms with E-state index < -0.39 is 0 Å². The molecule has 0 bridgehead atoms. The van der Waals surface area contributed by atoms with Crippen LogP contribution in [0, 0.1) is 0 Å². The highest BCUT2D eigenvalue weighted by atomic mass is 16.1. The van der Waals surface area contributed by atoms with Crippen molar-refractivity contribution in [2.75, 3.05) is 31.1 Å². The summed E-state index contributed by atoms with van der Waals surface area (Å²) in [6, 6.07) is 14.8. The fourth-order valence-corrected chi connectivity index (χ4v) is 4.38. The number of carbonyl (C=O) groups excluding carboxylic acids is 1. The maximum atomic E-state index is 12.9. The Morgan fingerprint density at radius 3 is 2.61 bits per heavy atom. The van der Waals surface area contributed by atoms with Gasteiger partial charge in [0.2, 0.25) is 0 Å². The number of piperidine rings is 1. The van der Waals surface area contributed by atoms with E-state index in [2.05, 4.69) is 50.4 Å². The first-order chi connectivity index (χ1) is 13.8. The highest BCUT2D eigenvalue weighted by Crippen LogP contribution is 2.23. The minimum atomic E-state index is 0.000217. The maximum absolute atomic E-state index is 12.9. The van der Waals surface area contributed by atoms with Gasteiger partial charge in [-0.25, -0.2) is 4.98 Å². The van der Waals surface area contributed by atoms with Crippen LogP contribution < -0.4 is 10.2 Å². The van der Waals surface area contributed by atoms with Crippen molar-refractivity contribution in [1.29, 1.82) is 0 Å². The summed E-state index contributed by atoms with van der Waals surface area (Å²) >= 11 is 0. The summed E-state index contributed by atoms with van der Waals surface area (Å²) in [5.74, 6) is 0.836. The summed E-state index contributed by atoms with van der Waals surface area (Å²) in [6.45, 7) is 4.73. The molecule has 5 nitrogen and oxygen atoms in total. The molecule has 0 spiro atoms. The third-order valence-electron chi connectivity index (χ3n) is 5.91. The van der Waals surface area contributed by atoms with Crippen molar-refractivity contribution >= 4 is 11.7 Å². The molecule has 2 saturated heterocycles. The smallest absolute Gasteiger partial charge is 0.255 e. The van der Waals surface area contributed by atoms with Crippen LogP contribution in [0.3, 0.4) is 0 Å². The van der Waals surface area contributed by atoms with Gasteiger partial charge >= 0.3 is 0 Å². The van der Waals surface area contributed by atoms with Crippen molar-refractivity contribution in [3.8, 4) is 0 Å². The summed E-state index contributed by atoms with van der Waals surface area (Å²) in [7, 11) is 0.